The Balaban J connectivity index is 0.926. The third kappa shape index (κ3) is 7.57. The van der Waals surface area contributed by atoms with Gasteiger partial charge in [-0.3, -0.25) is 0 Å². The summed E-state index contributed by atoms with van der Waals surface area (Å²) in [5.74, 6) is -0.547. The van der Waals surface area contributed by atoms with Gasteiger partial charge in [0.1, 0.15) is 19.7 Å². The van der Waals surface area contributed by atoms with Gasteiger partial charge < -0.3 is 18.9 Å². The number of hydrogen-bond acceptors (Lipinski definition) is 2. The molecule has 12 aromatic rings. The molecule has 0 fully saturated rings. The lowest BCUT2D eigenvalue weighted by atomic mass is 10.1. The molecule has 0 radical (unpaired) electrons. The first-order valence-electron chi connectivity index (χ1n) is 24.1. The largest absolute Gasteiger partial charge is 0.310 e. The third-order valence-electron chi connectivity index (χ3n) is 14.3. The van der Waals surface area contributed by atoms with Gasteiger partial charge in [-0.05, 0) is 171 Å². The highest BCUT2D eigenvalue weighted by atomic mass is 28.3. The quantitative estimate of drug-likeness (QED) is 0.127. The zero-order valence-electron chi connectivity index (χ0n) is 40.0. The van der Waals surface area contributed by atoms with Gasteiger partial charge >= 0.3 is 0 Å². The molecular weight excluding hydrogens is 891 g/mol. The van der Waals surface area contributed by atoms with Crippen LogP contribution in [-0.2, 0) is 0 Å². The van der Waals surface area contributed by atoms with Gasteiger partial charge in [0, 0.05) is 67.0 Å². The standard InChI is InChI=1S/C64H50F2N4Si/c1-43-39-51(67(49-27-23-45(65)24-28-49)53-31-35-61-57(41-53)55-19-11-13-21-59(55)69(61)47-15-7-5-8-16-47)33-37-63(43)71(3,4)64-38-34-52(40-44(64)2)68(50-29-25-46(66)26-30-50)54-32-36-62-58(42-54)56-20-12-14-22-60(56)70(62)48-17-9-6-10-18-48/h5-42H,1-4H3. The average molecular weight is 941 g/mol. The molecule has 0 amide bonds. The van der Waals surface area contributed by atoms with Crippen molar-refractivity contribution in [3.63, 3.8) is 0 Å². The van der Waals surface area contributed by atoms with Crippen LogP contribution < -0.4 is 20.2 Å². The van der Waals surface area contributed by atoms with E-state index in [1.165, 1.54) is 56.5 Å². The van der Waals surface area contributed by atoms with Crippen LogP contribution >= 0.6 is 0 Å². The van der Waals surface area contributed by atoms with Gasteiger partial charge in [0.25, 0.3) is 0 Å². The number of fused-ring (bicyclic) bond motifs is 6. The van der Waals surface area contributed by atoms with Crippen molar-refractivity contribution in [3.05, 3.63) is 253 Å². The molecule has 0 bridgehead atoms. The van der Waals surface area contributed by atoms with Crippen LogP contribution in [0.1, 0.15) is 11.1 Å². The fraction of sp³-hybridized carbons (Fsp3) is 0.0625. The number of aromatic nitrogens is 2. The Hall–Kier alpha value is -8.52. The molecule has 2 heterocycles. The molecule has 0 N–H and O–H groups in total. The van der Waals surface area contributed by atoms with Crippen molar-refractivity contribution in [2.24, 2.45) is 0 Å². The van der Waals surface area contributed by atoms with Crippen LogP contribution in [-0.4, -0.2) is 17.2 Å². The summed E-state index contributed by atoms with van der Waals surface area (Å²) in [5, 5.41) is 7.30. The normalized spacial score (nSPS) is 11.8. The Morgan fingerprint density at radius 3 is 1.04 bits per heavy atom. The molecular formula is C64H50F2N4Si. The molecule has 0 unspecified atom stereocenters. The average Bonchev–Trinajstić information content (AvgIpc) is 3.90. The minimum atomic E-state index is -2.33. The topological polar surface area (TPSA) is 16.3 Å². The van der Waals surface area contributed by atoms with E-state index in [0.717, 1.165) is 78.3 Å². The Bertz CT molecular complexity index is 3700. The first-order valence-corrected chi connectivity index (χ1v) is 27.1. The summed E-state index contributed by atoms with van der Waals surface area (Å²) < 4.78 is 33.7. The Morgan fingerprint density at radius 1 is 0.324 bits per heavy atom. The lowest BCUT2D eigenvalue weighted by molar-refractivity contribution is 0.627. The molecule has 12 rings (SSSR count). The summed E-state index contributed by atoms with van der Waals surface area (Å²) in [5.41, 5.74) is 14.9. The minimum Gasteiger partial charge on any atom is -0.310 e. The van der Waals surface area contributed by atoms with Gasteiger partial charge in [-0.2, -0.15) is 0 Å². The highest BCUT2D eigenvalue weighted by Crippen LogP contribution is 2.42. The molecule has 10 aromatic carbocycles. The third-order valence-corrected chi connectivity index (χ3v) is 18.1. The number of para-hydroxylation sites is 4. The van der Waals surface area contributed by atoms with Crippen LogP contribution in [0, 0.1) is 25.5 Å². The monoisotopic (exact) mass is 940 g/mol. The van der Waals surface area contributed by atoms with Crippen LogP contribution in [0.15, 0.2) is 231 Å². The minimum absolute atomic E-state index is 0.273. The molecule has 7 heteroatoms. The summed E-state index contributed by atoms with van der Waals surface area (Å²) in [6, 6.07) is 78.6. The number of rotatable bonds is 10. The number of benzene rings is 10. The smallest absolute Gasteiger partial charge is 0.123 e. The Kier molecular flexibility index (Phi) is 10.8. The van der Waals surface area contributed by atoms with Crippen molar-refractivity contribution in [1.82, 2.24) is 9.13 Å². The predicted octanol–water partition coefficient (Wildman–Crippen LogP) is 16.5. The number of anilines is 6. The lowest BCUT2D eigenvalue weighted by Gasteiger charge is -2.31. The van der Waals surface area contributed by atoms with Crippen LogP contribution in [0.5, 0.6) is 0 Å². The maximum Gasteiger partial charge on any atom is 0.123 e. The maximum absolute atomic E-state index is 14.5. The van der Waals surface area contributed by atoms with Gasteiger partial charge in [-0.1, -0.05) is 108 Å². The number of hydrogen-bond donors (Lipinski definition) is 0. The van der Waals surface area contributed by atoms with E-state index in [-0.39, 0.29) is 11.6 Å². The summed E-state index contributed by atoms with van der Waals surface area (Å²) in [6.45, 7) is 9.30. The van der Waals surface area contributed by atoms with Crippen LogP contribution in [0.25, 0.3) is 55.0 Å². The second-order valence-corrected chi connectivity index (χ2v) is 23.4. The van der Waals surface area contributed by atoms with Crippen molar-refractivity contribution in [1.29, 1.82) is 0 Å². The Labute approximate surface area is 413 Å². The van der Waals surface area contributed by atoms with Gasteiger partial charge in [0.2, 0.25) is 0 Å². The van der Waals surface area contributed by atoms with Gasteiger partial charge in [-0.15, -0.1) is 0 Å². The van der Waals surface area contributed by atoms with E-state index < -0.39 is 8.07 Å². The molecule has 0 saturated heterocycles. The van der Waals surface area contributed by atoms with Gasteiger partial charge in [0.15, 0.2) is 0 Å². The van der Waals surface area contributed by atoms with Crippen LogP contribution in [0.3, 0.4) is 0 Å². The van der Waals surface area contributed by atoms with Crippen LogP contribution in [0.4, 0.5) is 42.9 Å². The molecule has 0 aliphatic heterocycles. The second-order valence-electron chi connectivity index (χ2n) is 19.0. The zero-order chi connectivity index (χ0) is 48.4. The van der Waals surface area contributed by atoms with E-state index in [9.17, 15) is 8.78 Å². The fourth-order valence-electron chi connectivity index (χ4n) is 11.1. The van der Waals surface area contributed by atoms with E-state index >= 15 is 0 Å². The van der Waals surface area contributed by atoms with Crippen molar-refractivity contribution >= 4 is 96.2 Å². The van der Waals surface area contributed by atoms with Gasteiger partial charge in [0.05, 0.1) is 22.1 Å². The van der Waals surface area contributed by atoms with E-state index in [4.69, 9.17) is 0 Å². The number of nitrogens with zero attached hydrogens (tertiary/aromatic N) is 4. The highest BCUT2D eigenvalue weighted by Gasteiger charge is 2.31. The molecule has 71 heavy (non-hydrogen) atoms. The molecule has 0 aliphatic carbocycles. The van der Waals surface area contributed by atoms with Crippen molar-refractivity contribution in [3.8, 4) is 11.4 Å². The number of aryl methyl sites for hydroxylation is 2. The SMILES string of the molecule is Cc1cc(N(c2ccc(F)cc2)c2ccc3c(c2)c2ccccc2n3-c2ccccc2)ccc1[Si](C)(C)c1ccc(N(c2ccc(F)cc2)c2ccc3c(c2)c2ccccc2n3-c2ccccc2)cc1C. The molecule has 0 saturated carbocycles. The van der Waals surface area contributed by atoms with E-state index in [0.29, 0.717) is 0 Å². The summed E-state index contributed by atoms with van der Waals surface area (Å²) in [4.78, 5) is 4.47. The van der Waals surface area contributed by atoms with E-state index in [2.05, 4.69) is 216 Å². The van der Waals surface area contributed by atoms with Crippen LogP contribution in [0.2, 0.25) is 13.1 Å². The maximum atomic E-state index is 14.5. The van der Waals surface area contributed by atoms with Crippen molar-refractivity contribution < 1.29 is 8.78 Å². The van der Waals surface area contributed by atoms with Crippen molar-refractivity contribution in [2.45, 2.75) is 26.9 Å². The molecule has 2 aromatic heterocycles. The molecule has 0 spiro atoms. The fourth-order valence-corrected chi connectivity index (χ4v) is 14.5. The van der Waals surface area contributed by atoms with Gasteiger partial charge in [-0.25, -0.2) is 8.78 Å². The van der Waals surface area contributed by atoms with E-state index in [1.54, 1.807) is 0 Å². The molecule has 344 valence electrons. The Morgan fingerprint density at radius 2 is 0.648 bits per heavy atom. The summed E-state index contributed by atoms with van der Waals surface area (Å²) in [6.07, 6.45) is 0. The van der Waals surface area contributed by atoms with Crippen molar-refractivity contribution in [2.75, 3.05) is 9.80 Å². The summed E-state index contributed by atoms with van der Waals surface area (Å²) >= 11 is 0. The summed E-state index contributed by atoms with van der Waals surface area (Å²) in [7, 11) is -2.33. The number of halogens is 2. The predicted molar refractivity (Wildman–Crippen MR) is 297 cm³/mol. The first-order chi connectivity index (χ1) is 34.6. The molecule has 0 atom stereocenters. The molecule has 0 aliphatic rings. The highest BCUT2D eigenvalue weighted by molar-refractivity contribution is 7.01. The lowest BCUT2D eigenvalue weighted by Crippen LogP contribution is -2.54. The first kappa shape index (κ1) is 43.7. The zero-order valence-corrected chi connectivity index (χ0v) is 41.0. The second kappa shape index (κ2) is 17.5. The van der Waals surface area contributed by atoms with E-state index in [1.807, 2.05) is 36.4 Å². The molecule has 4 nitrogen and oxygen atoms in total.